The Balaban J connectivity index is 2.35. The topological polar surface area (TPSA) is 55.1 Å². The number of aromatic nitrogens is 1. The highest BCUT2D eigenvalue weighted by Gasteiger charge is 2.23. The third kappa shape index (κ3) is 3.45. The summed E-state index contributed by atoms with van der Waals surface area (Å²) < 4.78 is 5.20. The minimum absolute atomic E-state index is 0.107. The van der Waals surface area contributed by atoms with Gasteiger partial charge in [0.1, 0.15) is 17.0 Å². The van der Waals surface area contributed by atoms with Crippen LogP contribution in [0.3, 0.4) is 0 Å². The summed E-state index contributed by atoms with van der Waals surface area (Å²) >= 11 is 6.19. The molecule has 1 N–H and O–H groups in total. The number of nitrogens with zero attached hydrogens (tertiary/aromatic N) is 1. The molecule has 5 heteroatoms. The molecule has 0 fully saturated rings. The van der Waals surface area contributed by atoms with Gasteiger partial charge < -0.3 is 9.84 Å². The van der Waals surface area contributed by atoms with Gasteiger partial charge >= 0.3 is 0 Å². The molecule has 1 atom stereocenters. The smallest absolute Gasteiger partial charge is 0.257 e. The molecule has 21 heavy (non-hydrogen) atoms. The zero-order chi connectivity index (χ0) is 15.4. The number of hydrogen-bond acceptors (Lipinski definition) is 3. The standard InChI is InChI=1S/C16H19ClN2O2/c1-4-7-10(2)18-16(20)14-11(3)21-19-15(14)12-8-5-6-9-13(12)17/h5-6,8-10H,4,7H2,1-3H3,(H,18,20)/t10-/m0/s1. The van der Waals surface area contributed by atoms with E-state index in [1.165, 1.54) is 0 Å². The van der Waals surface area contributed by atoms with Crippen molar-refractivity contribution in [2.45, 2.75) is 39.7 Å². The first-order chi connectivity index (χ1) is 10.0. The normalized spacial score (nSPS) is 12.2. The van der Waals surface area contributed by atoms with E-state index < -0.39 is 0 Å². The number of benzene rings is 1. The van der Waals surface area contributed by atoms with Crippen molar-refractivity contribution in [2.24, 2.45) is 0 Å². The average molecular weight is 307 g/mol. The molecular formula is C16H19ClN2O2. The van der Waals surface area contributed by atoms with E-state index in [9.17, 15) is 4.79 Å². The molecule has 0 aliphatic carbocycles. The van der Waals surface area contributed by atoms with Crippen LogP contribution in [0.2, 0.25) is 5.02 Å². The van der Waals surface area contributed by atoms with Crippen LogP contribution in [-0.4, -0.2) is 17.1 Å². The fourth-order valence-electron chi connectivity index (χ4n) is 2.28. The second kappa shape index (κ2) is 6.76. The molecule has 0 unspecified atom stereocenters. The van der Waals surface area contributed by atoms with E-state index in [1.54, 1.807) is 13.0 Å². The van der Waals surface area contributed by atoms with Gasteiger partial charge in [-0.25, -0.2) is 0 Å². The van der Waals surface area contributed by atoms with Crippen molar-refractivity contribution >= 4 is 17.5 Å². The van der Waals surface area contributed by atoms with E-state index in [0.717, 1.165) is 12.8 Å². The summed E-state index contributed by atoms with van der Waals surface area (Å²) in [5, 5.41) is 7.52. The zero-order valence-electron chi connectivity index (χ0n) is 12.4. The van der Waals surface area contributed by atoms with Crippen molar-refractivity contribution in [1.29, 1.82) is 0 Å². The number of halogens is 1. The maximum Gasteiger partial charge on any atom is 0.257 e. The van der Waals surface area contributed by atoms with Gasteiger partial charge in [-0.15, -0.1) is 0 Å². The minimum Gasteiger partial charge on any atom is -0.360 e. The predicted octanol–water partition coefficient (Wildman–Crippen LogP) is 4.22. The average Bonchev–Trinajstić information content (AvgIpc) is 2.81. The Morgan fingerprint density at radius 3 is 2.81 bits per heavy atom. The number of amides is 1. The first-order valence-corrected chi connectivity index (χ1v) is 7.44. The lowest BCUT2D eigenvalue weighted by Gasteiger charge is -2.13. The summed E-state index contributed by atoms with van der Waals surface area (Å²) in [5.41, 5.74) is 1.63. The summed E-state index contributed by atoms with van der Waals surface area (Å²) in [6.07, 6.45) is 1.94. The molecule has 4 nitrogen and oxygen atoms in total. The van der Waals surface area contributed by atoms with Crippen LogP contribution in [0.1, 0.15) is 42.8 Å². The highest BCUT2D eigenvalue weighted by atomic mass is 35.5. The second-order valence-corrected chi connectivity index (χ2v) is 5.51. The largest absolute Gasteiger partial charge is 0.360 e. The Bertz CT molecular complexity index is 637. The van der Waals surface area contributed by atoms with Crippen LogP contribution in [0.5, 0.6) is 0 Å². The fourth-order valence-corrected chi connectivity index (χ4v) is 2.50. The highest BCUT2D eigenvalue weighted by molar-refractivity contribution is 6.33. The molecule has 0 radical (unpaired) electrons. The van der Waals surface area contributed by atoms with Crippen LogP contribution in [0.4, 0.5) is 0 Å². The number of aryl methyl sites for hydroxylation is 1. The number of nitrogens with one attached hydrogen (secondary N) is 1. The molecule has 2 rings (SSSR count). The molecule has 112 valence electrons. The molecule has 0 aliphatic heterocycles. The zero-order valence-corrected chi connectivity index (χ0v) is 13.2. The molecule has 2 aromatic rings. The van der Waals surface area contributed by atoms with Gasteiger partial charge in [0.05, 0.1) is 5.02 Å². The SMILES string of the molecule is CCC[C@H](C)NC(=O)c1c(-c2ccccc2Cl)noc1C. The van der Waals surface area contributed by atoms with Crippen molar-refractivity contribution in [3.8, 4) is 11.3 Å². The van der Waals surface area contributed by atoms with E-state index in [1.807, 2.05) is 25.1 Å². The lowest BCUT2D eigenvalue weighted by atomic mass is 10.0. The summed E-state index contributed by atoms with van der Waals surface area (Å²) in [4.78, 5) is 12.5. The Hall–Kier alpha value is -1.81. The van der Waals surface area contributed by atoms with Gasteiger partial charge in [0.25, 0.3) is 5.91 Å². The van der Waals surface area contributed by atoms with Crippen LogP contribution in [0.15, 0.2) is 28.8 Å². The molecular weight excluding hydrogens is 288 g/mol. The third-order valence-corrected chi connectivity index (χ3v) is 3.65. The van der Waals surface area contributed by atoms with Crippen molar-refractivity contribution in [3.05, 3.63) is 40.6 Å². The number of carbonyl (C=O) groups excluding carboxylic acids is 1. The Morgan fingerprint density at radius 2 is 2.14 bits per heavy atom. The van der Waals surface area contributed by atoms with Gasteiger partial charge in [-0.2, -0.15) is 0 Å². The lowest BCUT2D eigenvalue weighted by Crippen LogP contribution is -2.32. The number of rotatable bonds is 5. The second-order valence-electron chi connectivity index (χ2n) is 5.11. The van der Waals surface area contributed by atoms with Crippen LogP contribution >= 0.6 is 11.6 Å². The number of hydrogen-bond donors (Lipinski definition) is 1. The molecule has 1 heterocycles. The third-order valence-electron chi connectivity index (χ3n) is 3.32. The van der Waals surface area contributed by atoms with E-state index in [0.29, 0.717) is 27.6 Å². The van der Waals surface area contributed by atoms with Crippen LogP contribution < -0.4 is 5.32 Å². The molecule has 0 spiro atoms. The number of carbonyl (C=O) groups is 1. The molecule has 1 aromatic heterocycles. The van der Waals surface area contributed by atoms with E-state index >= 15 is 0 Å². The van der Waals surface area contributed by atoms with Gasteiger partial charge in [0.15, 0.2) is 0 Å². The van der Waals surface area contributed by atoms with E-state index in [4.69, 9.17) is 16.1 Å². The van der Waals surface area contributed by atoms with Gasteiger partial charge in [-0.05, 0) is 26.3 Å². The van der Waals surface area contributed by atoms with Crippen molar-refractivity contribution in [3.63, 3.8) is 0 Å². The van der Waals surface area contributed by atoms with Crippen LogP contribution in [-0.2, 0) is 0 Å². The Labute approximate surface area is 129 Å². The van der Waals surface area contributed by atoms with E-state index in [-0.39, 0.29) is 11.9 Å². The summed E-state index contributed by atoms with van der Waals surface area (Å²) in [6, 6.07) is 7.39. The van der Waals surface area contributed by atoms with Crippen molar-refractivity contribution in [1.82, 2.24) is 10.5 Å². The van der Waals surface area contributed by atoms with Gasteiger partial charge in [0.2, 0.25) is 0 Å². The molecule has 0 saturated heterocycles. The Kier molecular flexibility index (Phi) is 5.02. The molecule has 1 aromatic carbocycles. The van der Waals surface area contributed by atoms with Crippen molar-refractivity contribution < 1.29 is 9.32 Å². The highest BCUT2D eigenvalue weighted by Crippen LogP contribution is 2.30. The van der Waals surface area contributed by atoms with E-state index in [2.05, 4.69) is 17.4 Å². The first-order valence-electron chi connectivity index (χ1n) is 7.06. The monoisotopic (exact) mass is 306 g/mol. The maximum absolute atomic E-state index is 12.5. The maximum atomic E-state index is 12.5. The van der Waals surface area contributed by atoms with Crippen molar-refractivity contribution in [2.75, 3.05) is 0 Å². The first kappa shape index (κ1) is 15.6. The van der Waals surface area contributed by atoms with Crippen LogP contribution in [0, 0.1) is 6.92 Å². The molecule has 0 saturated carbocycles. The quantitative estimate of drug-likeness (QED) is 0.899. The van der Waals surface area contributed by atoms with Crippen LogP contribution in [0.25, 0.3) is 11.3 Å². The van der Waals surface area contributed by atoms with Gasteiger partial charge in [-0.3, -0.25) is 4.79 Å². The summed E-state index contributed by atoms with van der Waals surface area (Å²) in [6.45, 7) is 5.80. The molecule has 0 aliphatic rings. The molecule has 0 bridgehead atoms. The van der Waals surface area contributed by atoms with Gasteiger partial charge in [-0.1, -0.05) is 48.3 Å². The lowest BCUT2D eigenvalue weighted by molar-refractivity contribution is 0.0937. The fraction of sp³-hybridized carbons (Fsp3) is 0.375. The summed E-state index contributed by atoms with van der Waals surface area (Å²) in [7, 11) is 0. The van der Waals surface area contributed by atoms with Gasteiger partial charge in [0, 0.05) is 11.6 Å². The Morgan fingerprint density at radius 1 is 1.43 bits per heavy atom. The summed E-state index contributed by atoms with van der Waals surface area (Å²) in [5.74, 6) is 0.315. The minimum atomic E-state index is -0.176. The molecule has 1 amide bonds. The predicted molar refractivity (Wildman–Crippen MR) is 83.5 cm³/mol.